The van der Waals surface area contributed by atoms with Gasteiger partial charge in [0.2, 0.25) is 0 Å². The number of rotatable bonds is 0. The van der Waals surface area contributed by atoms with Gasteiger partial charge in [-0.25, -0.2) is 0 Å². The van der Waals surface area contributed by atoms with Gasteiger partial charge in [-0.15, -0.1) is 12.6 Å². The molecule has 0 fully saturated rings. The molecule has 3 rings (SSSR count). The van der Waals surface area contributed by atoms with Crippen molar-refractivity contribution in [1.82, 2.24) is 0 Å². The minimum absolute atomic E-state index is 1.06. The third-order valence-corrected chi connectivity index (χ3v) is 2.99. The number of benzene rings is 2. The quantitative estimate of drug-likeness (QED) is 0.523. The van der Waals surface area contributed by atoms with Crippen LogP contribution in [0.1, 0.15) is 11.1 Å². The second-order valence-corrected chi connectivity index (χ2v) is 3.95. The van der Waals surface area contributed by atoms with Crippen LogP contribution in [-0.2, 0) is 0 Å². The van der Waals surface area contributed by atoms with E-state index in [0.29, 0.717) is 0 Å². The molecule has 1 heteroatoms. The molecule has 0 amide bonds. The lowest BCUT2D eigenvalue weighted by atomic mass is 10.1. The molecule has 67 valence electrons. The van der Waals surface area contributed by atoms with Crippen LogP contribution in [0.3, 0.4) is 0 Å². The summed E-state index contributed by atoms with van der Waals surface area (Å²) in [5, 5.41) is 0. The Morgan fingerprint density at radius 2 is 1.57 bits per heavy atom. The predicted octanol–water partition coefficient (Wildman–Crippen LogP) is 3.56. The molecule has 0 spiro atoms. The van der Waals surface area contributed by atoms with Gasteiger partial charge in [0.25, 0.3) is 0 Å². The zero-order chi connectivity index (χ0) is 9.54. The predicted molar refractivity (Wildman–Crippen MR) is 61.6 cm³/mol. The Morgan fingerprint density at radius 3 is 2.50 bits per heavy atom. The first-order valence-corrected chi connectivity index (χ1v) is 5.07. The molecule has 2 aromatic rings. The largest absolute Gasteiger partial charge is 0.143 e. The van der Waals surface area contributed by atoms with E-state index in [0.717, 1.165) is 4.90 Å². The molecule has 0 bridgehead atoms. The summed E-state index contributed by atoms with van der Waals surface area (Å²) in [5.74, 6) is 0. The first kappa shape index (κ1) is 8.13. The molecule has 1 aliphatic rings. The second-order valence-electron chi connectivity index (χ2n) is 3.47. The van der Waals surface area contributed by atoms with Gasteiger partial charge in [0.15, 0.2) is 0 Å². The molecule has 0 N–H and O–H groups in total. The van der Waals surface area contributed by atoms with E-state index in [4.69, 9.17) is 0 Å². The number of fused-ring (bicyclic) bond motifs is 3. The molecule has 0 saturated heterocycles. The maximum atomic E-state index is 4.49. The van der Waals surface area contributed by atoms with Crippen LogP contribution in [-0.4, -0.2) is 0 Å². The first-order chi connectivity index (χ1) is 6.86. The molecule has 0 unspecified atom stereocenters. The van der Waals surface area contributed by atoms with Crippen LogP contribution in [0.2, 0.25) is 0 Å². The van der Waals surface area contributed by atoms with Gasteiger partial charge in [-0.2, -0.15) is 0 Å². The van der Waals surface area contributed by atoms with Gasteiger partial charge in [0, 0.05) is 11.3 Å². The van der Waals surface area contributed by atoms with Crippen molar-refractivity contribution in [2.24, 2.45) is 0 Å². The lowest BCUT2D eigenvalue weighted by molar-refractivity contribution is 1.44. The fourth-order valence-electron chi connectivity index (χ4n) is 1.99. The zero-order valence-corrected chi connectivity index (χ0v) is 8.46. The summed E-state index contributed by atoms with van der Waals surface area (Å²) in [6.45, 7) is 0. The minimum Gasteiger partial charge on any atom is -0.143 e. The Balaban J connectivity index is 2.35. The highest BCUT2D eigenvalue weighted by molar-refractivity contribution is 7.80. The van der Waals surface area contributed by atoms with E-state index in [1.807, 2.05) is 12.1 Å². The summed E-state index contributed by atoms with van der Waals surface area (Å²) >= 11 is 4.49. The average molecular weight is 197 g/mol. The molecule has 1 aliphatic carbocycles. The summed E-state index contributed by atoms with van der Waals surface area (Å²) in [6, 6.07) is 14.7. The van der Waals surface area contributed by atoms with E-state index in [1.165, 1.54) is 22.3 Å². The van der Waals surface area contributed by atoms with E-state index in [-0.39, 0.29) is 0 Å². The van der Waals surface area contributed by atoms with E-state index in [9.17, 15) is 0 Å². The Bertz CT molecular complexity index is 500. The third kappa shape index (κ3) is 1.02. The minimum atomic E-state index is 1.06. The average Bonchev–Trinajstić information content (AvgIpc) is 2.57. The summed E-state index contributed by atoms with van der Waals surface area (Å²) in [5.41, 5.74) is 5.14. The van der Waals surface area contributed by atoms with E-state index in [1.54, 1.807) is 0 Å². The van der Waals surface area contributed by atoms with Gasteiger partial charge in [-0.05, 0) is 28.3 Å². The molecular weight excluding hydrogens is 188 g/mol. The van der Waals surface area contributed by atoms with E-state index < -0.39 is 0 Å². The maximum absolute atomic E-state index is 4.49. The molecule has 0 saturated carbocycles. The summed E-state index contributed by atoms with van der Waals surface area (Å²) in [7, 11) is 0. The van der Waals surface area contributed by atoms with Gasteiger partial charge in [-0.3, -0.25) is 0 Å². The Kier molecular flexibility index (Phi) is 1.68. The summed E-state index contributed by atoms with van der Waals surface area (Å²) in [4.78, 5) is 1.06. The van der Waals surface area contributed by atoms with Crippen LogP contribution >= 0.6 is 12.6 Å². The molecule has 0 heterocycles. The monoisotopic (exact) mass is 197 g/mol. The lowest BCUT2D eigenvalue weighted by Crippen LogP contribution is -1.78. The fourth-order valence-corrected chi connectivity index (χ4v) is 2.32. The Morgan fingerprint density at radius 1 is 0.786 bits per heavy atom. The van der Waals surface area contributed by atoms with Crippen LogP contribution in [0, 0.1) is 6.42 Å². The van der Waals surface area contributed by atoms with Crippen molar-refractivity contribution in [2.45, 2.75) is 4.90 Å². The van der Waals surface area contributed by atoms with Gasteiger partial charge < -0.3 is 0 Å². The molecule has 2 aromatic carbocycles. The smallest absolute Gasteiger partial charge is 0.0212 e. The molecule has 1 radical (unpaired) electrons. The van der Waals surface area contributed by atoms with Crippen molar-refractivity contribution in [3.05, 3.63) is 60.0 Å². The van der Waals surface area contributed by atoms with Crippen molar-refractivity contribution in [2.75, 3.05) is 0 Å². The maximum Gasteiger partial charge on any atom is 0.0212 e. The molecule has 0 atom stereocenters. The highest BCUT2D eigenvalue weighted by atomic mass is 32.1. The third-order valence-electron chi connectivity index (χ3n) is 2.62. The SMILES string of the molecule is Sc1cccc2c1-c1ccccc1[CH]2. The standard InChI is InChI=1S/C13H9S/c14-12-7-3-5-10-8-9-4-1-2-6-11(9)13(10)12/h1-8,14H. The number of hydrogen-bond acceptors (Lipinski definition) is 1. The van der Waals surface area contributed by atoms with Crippen LogP contribution in [0.25, 0.3) is 11.1 Å². The number of thiol groups is 1. The van der Waals surface area contributed by atoms with Crippen molar-refractivity contribution in [1.29, 1.82) is 0 Å². The first-order valence-electron chi connectivity index (χ1n) is 4.62. The van der Waals surface area contributed by atoms with Crippen LogP contribution < -0.4 is 0 Å². The molecule has 0 aromatic heterocycles. The van der Waals surface area contributed by atoms with Crippen LogP contribution in [0.5, 0.6) is 0 Å². The molecule has 0 aliphatic heterocycles. The van der Waals surface area contributed by atoms with Gasteiger partial charge in [0.05, 0.1) is 0 Å². The second kappa shape index (κ2) is 2.89. The molecular formula is C13H9S. The Labute approximate surface area is 89.0 Å². The highest BCUT2D eigenvalue weighted by Gasteiger charge is 2.19. The highest BCUT2D eigenvalue weighted by Crippen LogP contribution is 2.40. The number of hydrogen-bond donors (Lipinski definition) is 1. The van der Waals surface area contributed by atoms with Crippen molar-refractivity contribution in [3.8, 4) is 11.1 Å². The Hall–Kier alpha value is -1.21. The van der Waals surface area contributed by atoms with Crippen LogP contribution in [0.4, 0.5) is 0 Å². The zero-order valence-electron chi connectivity index (χ0n) is 7.57. The van der Waals surface area contributed by atoms with Crippen molar-refractivity contribution < 1.29 is 0 Å². The molecule has 14 heavy (non-hydrogen) atoms. The summed E-state index contributed by atoms with van der Waals surface area (Å²) in [6.07, 6.45) is 2.21. The van der Waals surface area contributed by atoms with Crippen molar-refractivity contribution >= 4 is 12.6 Å². The molecule has 0 nitrogen and oxygen atoms in total. The topological polar surface area (TPSA) is 0 Å². The summed E-state index contributed by atoms with van der Waals surface area (Å²) < 4.78 is 0. The van der Waals surface area contributed by atoms with Crippen molar-refractivity contribution in [3.63, 3.8) is 0 Å². The van der Waals surface area contributed by atoms with E-state index >= 15 is 0 Å². The van der Waals surface area contributed by atoms with Gasteiger partial charge >= 0.3 is 0 Å². The van der Waals surface area contributed by atoms with Gasteiger partial charge in [-0.1, -0.05) is 36.4 Å². The fraction of sp³-hybridized carbons (Fsp3) is 0. The van der Waals surface area contributed by atoms with E-state index in [2.05, 4.69) is 49.4 Å². The van der Waals surface area contributed by atoms with Gasteiger partial charge in [0.1, 0.15) is 0 Å². The van der Waals surface area contributed by atoms with Crippen LogP contribution in [0.15, 0.2) is 47.4 Å². The normalized spacial score (nSPS) is 12.4. The lowest BCUT2D eigenvalue weighted by Gasteiger charge is -2.03.